The van der Waals surface area contributed by atoms with Gasteiger partial charge in [-0.3, -0.25) is 0 Å². The predicted molar refractivity (Wildman–Crippen MR) is 94.8 cm³/mol. The van der Waals surface area contributed by atoms with E-state index < -0.39 is 5.69 Å². The van der Waals surface area contributed by atoms with Crippen molar-refractivity contribution in [2.75, 3.05) is 11.5 Å². The predicted octanol–water partition coefficient (Wildman–Crippen LogP) is 4.85. The van der Waals surface area contributed by atoms with Crippen LogP contribution in [0.15, 0.2) is 0 Å². The maximum atomic E-state index is 9.77. The van der Waals surface area contributed by atoms with Gasteiger partial charge in [0.1, 0.15) is 0 Å². The normalized spacial score (nSPS) is 14.4. The summed E-state index contributed by atoms with van der Waals surface area (Å²) in [5, 5.41) is 0. The van der Waals surface area contributed by atoms with Crippen molar-refractivity contribution in [2.24, 2.45) is 11.8 Å². The Balaban J connectivity index is 3.84. The molecule has 0 aromatic rings. The molecular weight excluding hydrogens is 295 g/mol. The molecule has 0 bridgehead atoms. The Morgan fingerprint density at radius 2 is 1.42 bits per heavy atom. The number of thiol groups is 1. The lowest BCUT2D eigenvalue weighted by Crippen LogP contribution is -2.09. The maximum absolute atomic E-state index is 9.77. The van der Waals surface area contributed by atoms with Crippen LogP contribution in [0.4, 0.5) is 0 Å². The number of hydrogen-bond donors (Lipinski definition) is 3. The summed E-state index contributed by atoms with van der Waals surface area (Å²) in [5.41, 5.74) is -2.93. The van der Waals surface area contributed by atoms with Gasteiger partial charge in [0.05, 0.1) is 0 Å². The second kappa shape index (κ2) is 10.7. The van der Waals surface area contributed by atoms with Gasteiger partial charge in [-0.15, -0.1) is 10.1 Å². The second-order valence-electron chi connectivity index (χ2n) is 6.19. The van der Waals surface area contributed by atoms with Crippen LogP contribution in [0.2, 0.25) is 0 Å². The van der Waals surface area contributed by atoms with Crippen LogP contribution in [-0.4, -0.2) is 21.3 Å². The molecule has 0 spiro atoms. The lowest BCUT2D eigenvalue weighted by molar-refractivity contribution is 0.501. The van der Waals surface area contributed by atoms with E-state index in [9.17, 15) is 9.79 Å². The molecule has 0 aliphatic heterocycles. The van der Waals surface area contributed by atoms with Gasteiger partial charge in [0.2, 0.25) is 0 Å². The molecule has 2 N–H and O–H groups in total. The van der Waals surface area contributed by atoms with Crippen molar-refractivity contribution >= 4 is 28.0 Å². The van der Waals surface area contributed by atoms with Crippen molar-refractivity contribution in [3.63, 3.8) is 0 Å². The minimum absolute atomic E-state index is 0.300. The average molecular weight is 329 g/mol. The van der Waals surface area contributed by atoms with E-state index in [-0.39, 0.29) is 10.1 Å². The van der Waals surface area contributed by atoms with Gasteiger partial charge < -0.3 is 9.79 Å². The van der Waals surface area contributed by atoms with E-state index in [1.807, 2.05) is 0 Å². The molecule has 1 unspecified atom stereocenters. The van der Waals surface area contributed by atoms with Gasteiger partial charge in [-0.1, -0.05) is 72.0 Å². The van der Waals surface area contributed by atoms with Crippen molar-refractivity contribution in [3.05, 3.63) is 0 Å². The van der Waals surface area contributed by atoms with Gasteiger partial charge in [0.15, 0.2) is 5.69 Å². The summed E-state index contributed by atoms with van der Waals surface area (Å²) in [6.45, 7) is 8.82. The Bertz CT molecular complexity index is 277. The summed E-state index contributed by atoms with van der Waals surface area (Å²) in [7, 11) is -0.300. The highest BCUT2D eigenvalue weighted by atomic mass is 32.9. The number of unbranched alkanes of at least 4 members (excludes halogenated alkanes) is 4. The Labute approximate surface area is 127 Å². The molecule has 0 fully saturated rings. The third kappa shape index (κ3) is 12.5. The molecule has 0 radical (unpaired) electrons. The third-order valence-corrected chi connectivity index (χ3v) is 10.7. The molecule has 0 aromatic heterocycles. The van der Waals surface area contributed by atoms with Crippen LogP contribution < -0.4 is 0 Å². The first-order valence-electron chi connectivity index (χ1n) is 7.49. The van der Waals surface area contributed by atoms with E-state index in [0.29, 0.717) is 5.92 Å². The first kappa shape index (κ1) is 20.1. The first-order chi connectivity index (χ1) is 8.73. The van der Waals surface area contributed by atoms with Crippen LogP contribution in [0.5, 0.6) is 0 Å². The molecule has 0 rings (SSSR count). The van der Waals surface area contributed by atoms with E-state index in [1.165, 1.54) is 32.1 Å². The SMILES string of the molecule is CC(C)CCCCCCCS(CC(C)C)=P(O)(O)S. The second-order valence-corrected chi connectivity index (χ2v) is 14.4. The third-order valence-electron chi connectivity index (χ3n) is 3.03. The Morgan fingerprint density at radius 1 is 0.895 bits per heavy atom. The summed E-state index contributed by atoms with van der Waals surface area (Å²) < 4.78 is 0. The molecule has 0 saturated heterocycles. The fourth-order valence-electron chi connectivity index (χ4n) is 2.04. The van der Waals surface area contributed by atoms with Gasteiger partial charge in [-0.25, -0.2) is 0 Å². The van der Waals surface area contributed by atoms with Crippen LogP contribution in [-0.2, 0) is 10.1 Å². The first-order valence-corrected chi connectivity index (χ1v) is 12.5. The van der Waals surface area contributed by atoms with Crippen molar-refractivity contribution in [1.29, 1.82) is 0 Å². The largest absolute Gasteiger partial charge is 0.341 e. The fourth-order valence-corrected chi connectivity index (χ4v) is 7.91. The quantitative estimate of drug-likeness (QED) is 0.305. The topological polar surface area (TPSA) is 40.5 Å². The molecule has 1 atom stereocenters. The van der Waals surface area contributed by atoms with Crippen molar-refractivity contribution in [2.45, 2.75) is 66.2 Å². The molecule has 0 aliphatic rings. The Morgan fingerprint density at radius 3 is 1.89 bits per heavy atom. The Hall–Kier alpha value is 1.05. The molecular formula is C14H33O2PS2. The summed E-state index contributed by atoms with van der Waals surface area (Å²) in [5.74, 6) is 3.17. The van der Waals surface area contributed by atoms with Crippen LogP contribution in [0, 0.1) is 11.8 Å². The monoisotopic (exact) mass is 328 g/mol. The molecule has 118 valence electrons. The zero-order chi connectivity index (χ0) is 14.9. The molecule has 0 heterocycles. The van der Waals surface area contributed by atoms with Gasteiger partial charge in [-0.05, 0) is 29.8 Å². The van der Waals surface area contributed by atoms with Crippen LogP contribution >= 0.6 is 17.9 Å². The smallest absolute Gasteiger partial charge is 0.198 e. The molecule has 0 saturated carbocycles. The van der Waals surface area contributed by atoms with E-state index in [0.717, 1.165) is 23.8 Å². The highest BCUT2D eigenvalue weighted by molar-refractivity contribution is 8.65. The van der Waals surface area contributed by atoms with Gasteiger partial charge in [0, 0.05) is 0 Å². The summed E-state index contributed by atoms with van der Waals surface area (Å²) in [4.78, 5) is 19.5. The van der Waals surface area contributed by atoms with Gasteiger partial charge in [-0.2, -0.15) is 0 Å². The van der Waals surface area contributed by atoms with Gasteiger partial charge in [0.25, 0.3) is 0 Å². The van der Waals surface area contributed by atoms with Crippen LogP contribution in [0.3, 0.4) is 0 Å². The standard InChI is InChI=1S/C14H33O2PS2/c1-13(2)10-8-6-5-7-9-11-19(12-14(3)4)17(15,16)18/h13-16,18H,5-12H2,1-4H3. The van der Waals surface area contributed by atoms with Crippen molar-refractivity contribution < 1.29 is 9.79 Å². The van der Waals surface area contributed by atoms with Crippen LogP contribution in [0.25, 0.3) is 0 Å². The molecule has 2 nitrogen and oxygen atoms in total. The summed E-state index contributed by atoms with van der Waals surface area (Å²) >= 11 is 4.04. The maximum Gasteiger partial charge on any atom is 0.198 e. The van der Waals surface area contributed by atoms with E-state index in [2.05, 4.69) is 39.9 Å². The number of rotatable bonds is 10. The van der Waals surface area contributed by atoms with Crippen molar-refractivity contribution in [1.82, 2.24) is 0 Å². The van der Waals surface area contributed by atoms with E-state index in [1.54, 1.807) is 0 Å². The lowest BCUT2D eigenvalue weighted by atomic mass is 10.0. The minimum Gasteiger partial charge on any atom is -0.341 e. The average Bonchev–Trinajstić information content (AvgIpc) is 2.23. The highest BCUT2D eigenvalue weighted by Crippen LogP contribution is 2.47. The molecule has 0 aromatic carbocycles. The highest BCUT2D eigenvalue weighted by Gasteiger charge is 2.12. The molecule has 0 aliphatic carbocycles. The van der Waals surface area contributed by atoms with Crippen molar-refractivity contribution in [3.8, 4) is 0 Å². The minimum atomic E-state index is -2.93. The molecule has 0 amide bonds. The summed E-state index contributed by atoms with van der Waals surface area (Å²) in [6, 6.07) is 0. The van der Waals surface area contributed by atoms with E-state index in [4.69, 9.17) is 0 Å². The Kier molecular flexibility index (Phi) is 11.3. The number of hydrogen-bond acceptors (Lipinski definition) is 0. The van der Waals surface area contributed by atoms with Gasteiger partial charge >= 0.3 is 0 Å². The zero-order valence-corrected chi connectivity index (χ0v) is 15.6. The molecule has 19 heavy (non-hydrogen) atoms. The van der Waals surface area contributed by atoms with E-state index >= 15 is 0 Å². The summed E-state index contributed by atoms with van der Waals surface area (Å²) in [6.07, 6.45) is 7.58. The zero-order valence-electron chi connectivity index (χ0n) is 13.0. The fraction of sp³-hybridized carbons (Fsp3) is 1.00. The molecule has 5 heteroatoms. The van der Waals surface area contributed by atoms with Crippen LogP contribution in [0.1, 0.15) is 66.2 Å². The lowest BCUT2D eigenvalue weighted by Gasteiger charge is -2.18.